The van der Waals surface area contributed by atoms with Gasteiger partial charge in [-0.25, -0.2) is 0 Å². The van der Waals surface area contributed by atoms with Crippen LogP contribution in [0.5, 0.6) is 0 Å². The second-order valence-corrected chi connectivity index (χ2v) is 7.81. The third kappa shape index (κ3) is 4.28. The standard InChI is InChI=1S/C20H25O2P/c1-17(2)11-9-10-16-20(23(21)22,18-12-5-3-6-13-18)19-14-7-4-8-15-19/h3-8,12-15,17H,9-11,16H2,1-2H3/p+1. The Balaban J connectivity index is 2.38. The topological polar surface area (TPSA) is 37.3 Å². The van der Waals surface area contributed by atoms with E-state index >= 15 is 0 Å². The molecule has 2 aromatic carbocycles. The van der Waals surface area contributed by atoms with Crippen LogP contribution in [-0.4, -0.2) is 4.89 Å². The van der Waals surface area contributed by atoms with E-state index in [2.05, 4.69) is 13.8 Å². The van der Waals surface area contributed by atoms with Crippen molar-refractivity contribution in [1.29, 1.82) is 0 Å². The van der Waals surface area contributed by atoms with Crippen LogP contribution in [0.2, 0.25) is 0 Å². The number of rotatable bonds is 8. The first-order valence-electron chi connectivity index (χ1n) is 8.34. The Kier molecular flexibility index (Phi) is 6.50. The van der Waals surface area contributed by atoms with Crippen molar-refractivity contribution in [2.45, 2.75) is 44.7 Å². The fourth-order valence-electron chi connectivity index (χ4n) is 3.13. The maximum atomic E-state index is 12.5. The zero-order valence-electron chi connectivity index (χ0n) is 14.0. The number of benzene rings is 2. The van der Waals surface area contributed by atoms with Gasteiger partial charge in [-0.05, 0) is 16.9 Å². The average Bonchev–Trinajstić information content (AvgIpc) is 2.56. The summed E-state index contributed by atoms with van der Waals surface area (Å²) in [6.45, 7) is 4.43. The van der Waals surface area contributed by atoms with Crippen molar-refractivity contribution in [2.75, 3.05) is 0 Å². The van der Waals surface area contributed by atoms with Gasteiger partial charge in [0.05, 0.1) is 0 Å². The molecule has 0 saturated heterocycles. The second kappa shape index (κ2) is 8.38. The van der Waals surface area contributed by atoms with Crippen LogP contribution in [0.4, 0.5) is 0 Å². The van der Waals surface area contributed by atoms with E-state index in [0.717, 1.165) is 30.4 Å². The van der Waals surface area contributed by atoms with E-state index in [0.29, 0.717) is 12.3 Å². The minimum absolute atomic E-state index is 0.667. The van der Waals surface area contributed by atoms with Crippen LogP contribution in [-0.2, 0) is 9.72 Å². The SMILES string of the molecule is CC(C)CCCCC(c1ccccc1)(c1ccccc1)[P+](=O)O. The van der Waals surface area contributed by atoms with E-state index in [9.17, 15) is 9.46 Å². The van der Waals surface area contributed by atoms with E-state index in [1.54, 1.807) is 0 Å². The molecule has 0 bridgehead atoms. The van der Waals surface area contributed by atoms with Gasteiger partial charge in [0.2, 0.25) is 5.16 Å². The Morgan fingerprint density at radius 1 is 0.913 bits per heavy atom. The first-order valence-corrected chi connectivity index (χ1v) is 9.56. The summed E-state index contributed by atoms with van der Waals surface area (Å²) >= 11 is 0. The van der Waals surface area contributed by atoms with Crippen molar-refractivity contribution in [3.8, 4) is 0 Å². The number of hydrogen-bond donors (Lipinski definition) is 1. The molecule has 0 aliphatic rings. The van der Waals surface area contributed by atoms with Crippen LogP contribution in [0.25, 0.3) is 0 Å². The van der Waals surface area contributed by atoms with Crippen LogP contribution < -0.4 is 0 Å². The predicted octanol–water partition coefficient (Wildman–Crippen LogP) is 5.88. The summed E-state index contributed by atoms with van der Waals surface area (Å²) in [7, 11) is -2.38. The fourth-order valence-corrected chi connectivity index (χ4v) is 4.22. The summed E-state index contributed by atoms with van der Waals surface area (Å²) in [4.78, 5) is 10.3. The summed E-state index contributed by atoms with van der Waals surface area (Å²) in [6, 6.07) is 19.6. The Hall–Kier alpha value is -1.50. The van der Waals surface area contributed by atoms with E-state index in [-0.39, 0.29) is 0 Å². The van der Waals surface area contributed by atoms with Crippen molar-refractivity contribution in [1.82, 2.24) is 0 Å². The molecule has 0 spiro atoms. The molecule has 23 heavy (non-hydrogen) atoms. The third-order valence-corrected chi connectivity index (χ3v) is 5.79. The summed E-state index contributed by atoms with van der Waals surface area (Å²) in [5, 5.41) is -0.811. The fraction of sp³-hybridized carbons (Fsp3) is 0.400. The van der Waals surface area contributed by atoms with Crippen molar-refractivity contribution < 1.29 is 9.46 Å². The van der Waals surface area contributed by atoms with Gasteiger partial charge < -0.3 is 0 Å². The van der Waals surface area contributed by atoms with Gasteiger partial charge in [0.25, 0.3) is 0 Å². The highest BCUT2D eigenvalue weighted by molar-refractivity contribution is 7.40. The number of unbranched alkanes of at least 4 members (excludes halogenated alkanes) is 1. The Bertz CT molecular complexity index is 569. The van der Waals surface area contributed by atoms with Crippen LogP contribution in [0, 0.1) is 5.92 Å². The molecule has 0 aliphatic carbocycles. The highest BCUT2D eigenvalue weighted by Crippen LogP contribution is 2.53. The highest BCUT2D eigenvalue weighted by Gasteiger charge is 2.51. The van der Waals surface area contributed by atoms with Crippen LogP contribution in [0.3, 0.4) is 0 Å². The first-order chi connectivity index (χ1) is 11.1. The maximum absolute atomic E-state index is 12.5. The Labute approximate surface area is 140 Å². The Morgan fingerprint density at radius 2 is 1.39 bits per heavy atom. The zero-order chi connectivity index (χ0) is 16.7. The quantitative estimate of drug-likeness (QED) is 0.485. The molecule has 122 valence electrons. The molecule has 0 heterocycles. The molecule has 1 unspecified atom stereocenters. The van der Waals surface area contributed by atoms with E-state index in [1.165, 1.54) is 0 Å². The normalized spacial score (nSPS) is 12.4. The smallest absolute Gasteiger partial charge is 0.160 e. The van der Waals surface area contributed by atoms with Gasteiger partial charge in [0, 0.05) is 17.5 Å². The van der Waals surface area contributed by atoms with Gasteiger partial charge in [0.1, 0.15) is 0 Å². The van der Waals surface area contributed by atoms with Gasteiger partial charge in [-0.15, -0.1) is 0 Å². The molecular formula is C20H26O2P+. The van der Waals surface area contributed by atoms with Gasteiger partial charge in [-0.3, -0.25) is 0 Å². The minimum Gasteiger partial charge on any atom is -0.160 e. The van der Waals surface area contributed by atoms with Gasteiger partial charge in [-0.2, -0.15) is 4.89 Å². The third-order valence-electron chi connectivity index (χ3n) is 4.40. The highest BCUT2D eigenvalue weighted by atomic mass is 31.1. The lowest BCUT2D eigenvalue weighted by Gasteiger charge is -2.23. The monoisotopic (exact) mass is 329 g/mol. The first kappa shape index (κ1) is 17.8. The van der Waals surface area contributed by atoms with E-state index < -0.39 is 13.2 Å². The van der Waals surface area contributed by atoms with Gasteiger partial charge in [-0.1, -0.05) is 87.4 Å². The molecule has 0 fully saturated rings. The lowest BCUT2D eigenvalue weighted by atomic mass is 9.85. The summed E-state index contributed by atoms with van der Waals surface area (Å²) < 4.78 is 12.5. The average molecular weight is 329 g/mol. The van der Waals surface area contributed by atoms with Crippen LogP contribution in [0.1, 0.15) is 50.7 Å². The molecule has 1 N–H and O–H groups in total. The molecular weight excluding hydrogens is 303 g/mol. The lowest BCUT2D eigenvalue weighted by molar-refractivity contribution is 0.441. The summed E-state index contributed by atoms with van der Waals surface area (Å²) in [5.41, 5.74) is 1.86. The largest absolute Gasteiger partial charge is 0.521 e. The van der Waals surface area contributed by atoms with Gasteiger partial charge >= 0.3 is 8.03 Å². The molecule has 3 heteroatoms. The second-order valence-electron chi connectivity index (χ2n) is 6.50. The van der Waals surface area contributed by atoms with E-state index in [1.807, 2.05) is 60.7 Å². The Morgan fingerprint density at radius 3 is 1.78 bits per heavy atom. The lowest BCUT2D eigenvalue weighted by Crippen LogP contribution is -2.23. The molecule has 2 nitrogen and oxygen atoms in total. The molecule has 0 radical (unpaired) electrons. The van der Waals surface area contributed by atoms with Crippen molar-refractivity contribution in [3.05, 3.63) is 71.8 Å². The number of hydrogen-bond acceptors (Lipinski definition) is 1. The van der Waals surface area contributed by atoms with Gasteiger partial charge in [0.15, 0.2) is 0 Å². The van der Waals surface area contributed by atoms with Crippen molar-refractivity contribution in [2.24, 2.45) is 5.92 Å². The maximum Gasteiger partial charge on any atom is 0.521 e. The minimum atomic E-state index is -2.38. The van der Waals surface area contributed by atoms with Crippen molar-refractivity contribution in [3.63, 3.8) is 0 Å². The molecule has 0 aliphatic heterocycles. The molecule has 1 atom stereocenters. The van der Waals surface area contributed by atoms with Crippen LogP contribution in [0.15, 0.2) is 60.7 Å². The zero-order valence-corrected chi connectivity index (χ0v) is 14.9. The predicted molar refractivity (Wildman–Crippen MR) is 96.8 cm³/mol. The molecule has 0 saturated carbocycles. The summed E-state index contributed by atoms with van der Waals surface area (Å²) in [5.74, 6) is 0.667. The molecule has 0 amide bonds. The van der Waals surface area contributed by atoms with E-state index in [4.69, 9.17) is 0 Å². The molecule has 2 rings (SSSR count). The van der Waals surface area contributed by atoms with Crippen LogP contribution >= 0.6 is 8.03 Å². The van der Waals surface area contributed by atoms with Crippen molar-refractivity contribution >= 4 is 8.03 Å². The summed E-state index contributed by atoms with van der Waals surface area (Å²) in [6.07, 6.45) is 3.88. The molecule has 2 aromatic rings. The molecule has 0 aromatic heterocycles.